The third kappa shape index (κ3) is 4.35. The third-order valence-electron chi connectivity index (χ3n) is 4.74. The number of ether oxygens (including phenoxy) is 1. The maximum atomic E-state index is 13.1. The van der Waals surface area contributed by atoms with Crippen LogP contribution in [0.1, 0.15) is 51.0 Å². The first-order valence-electron chi connectivity index (χ1n) is 8.94. The van der Waals surface area contributed by atoms with Crippen molar-refractivity contribution in [1.29, 1.82) is 0 Å². The SMILES string of the molecule is CCCC(c1ccccc1)C([SiH3])(CCC)C(=O)Oc1ccccc1. The number of carbonyl (C=O) groups excluding carboxylic acids is 1. The van der Waals surface area contributed by atoms with Crippen molar-refractivity contribution in [2.45, 2.75) is 50.5 Å². The topological polar surface area (TPSA) is 26.3 Å². The summed E-state index contributed by atoms with van der Waals surface area (Å²) in [5.74, 6) is 0.804. The summed E-state index contributed by atoms with van der Waals surface area (Å²) in [5.41, 5.74) is 1.26. The van der Waals surface area contributed by atoms with E-state index < -0.39 is 0 Å². The maximum Gasteiger partial charge on any atom is 0.314 e. The lowest BCUT2D eigenvalue weighted by Crippen LogP contribution is -2.34. The van der Waals surface area contributed by atoms with Crippen LogP contribution in [0.5, 0.6) is 5.75 Å². The van der Waals surface area contributed by atoms with Gasteiger partial charge in [-0.1, -0.05) is 75.2 Å². The summed E-state index contributed by atoms with van der Waals surface area (Å²) in [6.45, 7) is 4.34. The summed E-state index contributed by atoms with van der Waals surface area (Å²) < 4.78 is 5.78. The molecule has 0 spiro atoms. The molecule has 2 aromatic rings. The highest BCUT2D eigenvalue weighted by atomic mass is 28.1. The van der Waals surface area contributed by atoms with E-state index in [1.54, 1.807) is 0 Å². The lowest BCUT2D eigenvalue weighted by molar-refractivity contribution is -0.139. The molecule has 0 aliphatic rings. The smallest absolute Gasteiger partial charge is 0.314 e. The molecule has 0 amide bonds. The highest BCUT2D eigenvalue weighted by Gasteiger charge is 2.42. The molecule has 24 heavy (non-hydrogen) atoms. The van der Waals surface area contributed by atoms with Gasteiger partial charge in [0, 0.05) is 10.2 Å². The van der Waals surface area contributed by atoms with Crippen molar-refractivity contribution >= 4 is 16.2 Å². The second-order valence-electron chi connectivity index (χ2n) is 6.62. The van der Waals surface area contributed by atoms with Crippen LogP contribution in [0.4, 0.5) is 0 Å². The van der Waals surface area contributed by atoms with Gasteiger partial charge in [-0.25, -0.2) is 0 Å². The Kier molecular flexibility index (Phi) is 6.80. The van der Waals surface area contributed by atoms with E-state index in [-0.39, 0.29) is 16.9 Å². The molecule has 0 aliphatic heterocycles. The standard InChI is InChI=1S/C21H28O2Si/c1-3-11-19(17-12-7-5-8-13-17)21(24,16-4-2)20(22)23-18-14-9-6-10-15-18/h5-10,12-15,19H,3-4,11,16H2,1-2,24H3. The number of rotatable bonds is 8. The summed E-state index contributed by atoms with van der Waals surface area (Å²) in [5, 5.41) is -0.387. The van der Waals surface area contributed by atoms with Gasteiger partial charge in [0.15, 0.2) is 0 Å². The average Bonchev–Trinajstić information content (AvgIpc) is 2.61. The maximum absolute atomic E-state index is 13.1. The van der Waals surface area contributed by atoms with Crippen LogP contribution in [0.2, 0.25) is 5.04 Å². The Bertz CT molecular complexity index is 627. The fourth-order valence-corrected chi connectivity index (χ4v) is 4.70. The highest BCUT2D eigenvalue weighted by Crippen LogP contribution is 2.47. The van der Waals surface area contributed by atoms with Crippen molar-refractivity contribution in [3.63, 3.8) is 0 Å². The quantitative estimate of drug-likeness (QED) is 0.402. The van der Waals surface area contributed by atoms with Gasteiger partial charge in [-0.05, 0) is 36.5 Å². The van der Waals surface area contributed by atoms with Crippen LogP contribution in [0.15, 0.2) is 60.7 Å². The normalized spacial score (nSPS) is 14.8. The molecule has 0 bridgehead atoms. The Labute approximate surface area is 148 Å². The van der Waals surface area contributed by atoms with Crippen molar-refractivity contribution in [1.82, 2.24) is 0 Å². The van der Waals surface area contributed by atoms with E-state index in [0.29, 0.717) is 5.75 Å². The molecule has 0 radical (unpaired) electrons. The molecule has 0 fully saturated rings. The average molecular weight is 341 g/mol. The van der Waals surface area contributed by atoms with E-state index in [0.717, 1.165) is 35.9 Å². The summed E-state index contributed by atoms with van der Waals surface area (Å²) in [7, 11) is 0.780. The van der Waals surface area contributed by atoms with Crippen molar-refractivity contribution < 1.29 is 9.53 Å². The zero-order chi connectivity index (χ0) is 17.4. The molecule has 0 heterocycles. The fraction of sp³-hybridized carbons (Fsp3) is 0.381. The van der Waals surface area contributed by atoms with Crippen molar-refractivity contribution in [3.8, 4) is 5.75 Å². The molecule has 0 aromatic heterocycles. The summed E-state index contributed by atoms with van der Waals surface area (Å²) in [6.07, 6.45) is 3.94. The monoisotopic (exact) mass is 340 g/mol. The van der Waals surface area contributed by atoms with Crippen LogP contribution in [-0.2, 0) is 4.79 Å². The lowest BCUT2D eigenvalue weighted by Gasteiger charge is -2.36. The Hall–Kier alpha value is -1.87. The van der Waals surface area contributed by atoms with E-state index in [9.17, 15) is 4.79 Å². The van der Waals surface area contributed by atoms with Gasteiger partial charge in [0.05, 0.1) is 5.04 Å². The van der Waals surface area contributed by atoms with Crippen LogP contribution in [-0.4, -0.2) is 16.2 Å². The molecule has 2 atom stereocenters. The van der Waals surface area contributed by atoms with Gasteiger partial charge >= 0.3 is 5.97 Å². The largest absolute Gasteiger partial charge is 0.426 e. The van der Waals surface area contributed by atoms with E-state index in [2.05, 4.69) is 38.1 Å². The summed E-state index contributed by atoms with van der Waals surface area (Å²) >= 11 is 0. The van der Waals surface area contributed by atoms with Crippen LogP contribution in [0, 0.1) is 0 Å². The molecule has 3 heteroatoms. The second-order valence-corrected chi connectivity index (χ2v) is 8.41. The zero-order valence-corrected chi connectivity index (χ0v) is 17.0. The summed E-state index contributed by atoms with van der Waals surface area (Å²) in [4.78, 5) is 13.1. The van der Waals surface area contributed by atoms with E-state index in [1.807, 2.05) is 36.4 Å². The molecule has 2 aromatic carbocycles. The van der Waals surface area contributed by atoms with Gasteiger partial charge in [0.25, 0.3) is 0 Å². The molecule has 0 saturated heterocycles. The first kappa shape index (κ1) is 18.5. The molecule has 128 valence electrons. The van der Waals surface area contributed by atoms with E-state index in [1.165, 1.54) is 5.56 Å². The van der Waals surface area contributed by atoms with Gasteiger partial charge in [-0.3, -0.25) is 4.79 Å². The molecule has 2 nitrogen and oxygen atoms in total. The van der Waals surface area contributed by atoms with Crippen molar-refractivity contribution in [3.05, 3.63) is 66.2 Å². The first-order valence-corrected chi connectivity index (χ1v) is 9.94. The predicted molar refractivity (Wildman–Crippen MR) is 104 cm³/mol. The van der Waals surface area contributed by atoms with Crippen LogP contribution >= 0.6 is 0 Å². The van der Waals surface area contributed by atoms with Crippen LogP contribution in [0.25, 0.3) is 0 Å². The molecule has 0 N–H and O–H groups in total. The minimum atomic E-state index is -0.387. The van der Waals surface area contributed by atoms with Gasteiger partial charge < -0.3 is 4.74 Å². The fourth-order valence-electron chi connectivity index (χ4n) is 3.48. The minimum Gasteiger partial charge on any atom is -0.426 e. The Morgan fingerprint density at radius 1 is 1.00 bits per heavy atom. The molecule has 2 rings (SSSR count). The molecule has 2 unspecified atom stereocenters. The first-order chi connectivity index (χ1) is 11.6. The van der Waals surface area contributed by atoms with Gasteiger partial charge in [0.2, 0.25) is 0 Å². The third-order valence-corrected chi connectivity index (χ3v) is 6.34. The summed E-state index contributed by atoms with van der Waals surface area (Å²) in [6, 6.07) is 19.9. The number of esters is 1. The predicted octanol–water partition coefficient (Wildman–Crippen LogP) is 4.50. The van der Waals surface area contributed by atoms with Gasteiger partial charge in [-0.15, -0.1) is 0 Å². The molecular formula is C21H28O2Si. The number of hydrogen-bond acceptors (Lipinski definition) is 2. The Balaban J connectivity index is 2.33. The van der Waals surface area contributed by atoms with E-state index >= 15 is 0 Å². The second kappa shape index (κ2) is 8.83. The number of benzene rings is 2. The zero-order valence-electron chi connectivity index (χ0n) is 15.0. The molecular weight excluding hydrogens is 312 g/mol. The number of para-hydroxylation sites is 1. The number of hydrogen-bond donors (Lipinski definition) is 0. The number of carbonyl (C=O) groups is 1. The minimum absolute atomic E-state index is 0.0653. The van der Waals surface area contributed by atoms with Gasteiger partial charge in [-0.2, -0.15) is 0 Å². The Morgan fingerprint density at radius 3 is 2.12 bits per heavy atom. The van der Waals surface area contributed by atoms with E-state index in [4.69, 9.17) is 4.74 Å². The molecule has 0 aliphatic carbocycles. The van der Waals surface area contributed by atoms with Crippen LogP contribution < -0.4 is 4.74 Å². The molecule has 0 saturated carbocycles. The van der Waals surface area contributed by atoms with Crippen molar-refractivity contribution in [2.75, 3.05) is 0 Å². The van der Waals surface area contributed by atoms with Crippen molar-refractivity contribution in [2.24, 2.45) is 0 Å². The lowest BCUT2D eigenvalue weighted by atomic mass is 9.79. The van der Waals surface area contributed by atoms with Crippen LogP contribution in [0.3, 0.4) is 0 Å². The Morgan fingerprint density at radius 2 is 1.58 bits per heavy atom. The van der Waals surface area contributed by atoms with Gasteiger partial charge in [0.1, 0.15) is 5.75 Å². The highest BCUT2D eigenvalue weighted by molar-refractivity contribution is 6.28.